The van der Waals surface area contributed by atoms with E-state index in [2.05, 4.69) is 0 Å². The van der Waals surface area contributed by atoms with Gasteiger partial charge in [-0.2, -0.15) is 0 Å². The van der Waals surface area contributed by atoms with Gasteiger partial charge in [-0.3, -0.25) is 0 Å². The van der Waals surface area contributed by atoms with Gasteiger partial charge in [0.1, 0.15) is 5.75 Å². The van der Waals surface area contributed by atoms with Crippen molar-refractivity contribution in [3.05, 3.63) is 114 Å². The highest BCUT2D eigenvalue weighted by Crippen LogP contribution is 2.27. The Kier molecular flexibility index (Phi) is 6.24. The standard InChI is InChI=1S/C25H24O2/c1-21(17-18-22-11-5-2-6-12-22)25(26,27-24-15-9-4-10-16-24)20-19-23-13-7-3-8-14-23/h2-21,26H,1H3. The second-order valence-electron chi connectivity index (χ2n) is 6.47. The summed E-state index contributed by atoms with van der Waals surface area (Å²) in [4.78, 5) is 0. The largest absolute Gasteiger partial charge is 0.458 e. The summed E-state index contributed by atoms with van der Waals surface area (Å²) < 4.78 is 5.99. The van der Waals surface area contributed by atoms with Crippen LogP contribution in [-0.4, -0.2) is 10.9 Å². The average molecular weight is 356 g/mol. The smallest absolute Gasteiger partial charge is 0.234 e. The van der Waals surface area contributed by atoms with Gasteiger partial charge >= 0.3 is 0 Å². The molecule has 0 aliphatic rings. The molecule has 3 rings (SSSR count). The number of hydrogen-bond donors (Lipinski definition) is 1. The molecule has 3 aromatic carbocycles. The van der Waals surface area contributed by atoms with Crippen LogP contribution in [0.15, 0.2) is 103 Å². The first kappa shape index (κ1) is 18.7. The fraction of sp³-hybridized carbons (Fsp3) is 0.120. The van der Waals surface area contributed by atoms with Crippen LogP contribution in [0.2, 0.25) is 0 Å². The summed E-state index contributed by atoms with van der Waals surface area (Å²) in [5.41, 5.74) is 2.09. The molecule has 136 valence electrons. The van der Waals surface area contributed by atoms with Crippen molar-refractivity contribution in [2.24, 2.45) is 5.92 Å². The Morgan fingerprint density at radius 3 is 1.78 bits per heavy atom. The summed E-state index contributed by atoms with van der Waals surface area (Å²) in [5.74, 6) is -1.11. The molecule has 2 unspecified atom stereocenters. The Morgan fingerprint density at radius 2 is 1.22 bits per heavy atom. The Bertz CT molecular complexity index is 870. The first-order chi connectivity index (χ1) is 13.2. The number of hydrogen-bond acceptors (Lipinski definition) is 2. The lowest BCUT2D eigenvalue weighted by Gasteiger charge is -2.30. The Labute approximate surface area is 161 Å². The summed E-state index contributed by atoms with van der Waals surface area (Å²) >= 11 is 0. The van der Waals surface area contributed by atoms with E-state index < -0.39 is 5.79 Å². The molecule has 1 N–H and O–H groups in total. The molecule has 0 saturated carbocycles. The fourth-order valence-corrected chi connectivity index (χ4v) is 2.69. The van der Waals surface area contributed by atoms with Gasteiger partial charge in [0.2, 0.25) is 5.79 Å². The van der Waals surface area contributed by atoms with Crippen molar-refractivity contribution in [1.29, 1.82) is 0 Å². The topological polar surface area (TPSA) is 29.5 Å². The summed E-state index contributed by atoms with van der Waals surface area (Å²) in [6.45, 7) is 1.94. The van der Waals surface area contributed by atoms with Crippen LogP contribution in [-0.2, 0) is 0 Å². The molecular weight excluding hydrogens is 332 g/mol. The zero-order valence-corrected chi connectivity index (χ0v) is 15.4. The van der Waals surface area contributed by atoms with Crippen LogP contribution in [0.25, 0.3) is 12.2 Å². The third-order valence-electron chi connectivity index (χ3n) is 4.37. The third-order valence-corrected chi connectivity index (χ3v) is 4.37. The molecule has 0 spiro atoms. The van der Waals surface area contributed by atoms with Gasteiger partial charge in [0.15, 0.2) is 0 Å². The molecule has 3 aromatic rings. The van der Waals surface area contributed by atoms with Gasteiger partial charge in [-0.15, -0.1) is 0 Å². The quantitative estimate of drug-likeness (QED) is 0.541. The van der Waals surface area contributed by atoms with Crippen LogP contribution in [0.5, 0.6) is 5.75 Å². The van der Waals surface area contributed by atoms with E-state index in [0.29, 0.717) is 5.75 Å². The van der Waals surface area contributed by atoms with E-state index in [4.69, 9.17) is 4.74 Å². The Balaban J connectivity index is 1.86. The molecule has 0 aliphatic carbocycles. The van der Waals surface area contributed by atoms with Crippen molar-refractivity contribution >= 4 is 12.2 Å². The van der Waals surface area contributed by atoms with Gasteiger partial charge in [0.05, 0.1) is 0 Å². The van der Waals surface area contributed by atoms with Crippen LogP contribution in [0.1, 0.15) is 18.1 Å². The van der Waals surface area contributed by atoms with E-state index >= 15 is 0 Å². The number of aliphatic hydroxyl groups is 1. The van der Waals surface area contributed by atoms with E-state index in [1.54, 1.807) is 6.08 Å². The highest BCUT2D eigenvalue weighted by atomic mass is 16.6. The zero-order valence-electron chi connectivity index (χ0n) is 15.4. The monoisotopic (exact) mass is 356 g/mol. The van der Waals surface area contributed by atoms with Crippen molar-refractivity contribution in [1.82, 2.24) is 0 Å². The molecule has 0 amide bonds. The summed E-state index contributed by atoms with van der Waals surface area (Å²) in [7, 11) is 0. The van der Waals surface area contributed by atoms with Crippen molar-refractivity contribution in [2.45, 2.75) is 12.7 Å². The van der Waals surface area contributed by atoms with Crippen molar-refractivity contribution in [3.63, 3.8) is 0 Å². The van der Waals surface area contributed by atoms with Crippen LogP contribution >= 0.6 is 0 Å². The summed E-state index contributed by atoms with van der Waals surface area (Å²) in [6, 6.07) is 29.3. The molecule has 0 aliphatic heterocycles. The van der Waals surface area contributed by atoms with E-state index in [-0.39, 0.29) is 5.92 Å². The van der Waals surface area contributed by atoms with Crippen LogP contribution in [0.3, 0.4) is 0 Å². The molecule has 0 aromatic heterocycles. The summed E-state index contributed by atoms with van der Waals surface area (Å²) in [5, 5.41) is 11.3. The second kappa shape index (κ2) is 9.02. The number of benzene rings is 3. The minimum atomic E-state index is -1.47. The molecule has 0 fully saturated rings. The van der Waals surface area contributed by atoms with Gasteiger partial charge in [0, 0.05) is 5.92 Å². The molecule has 2 nitrogen and oxygen atoms in total. The molecule has 0 saturated heterocycles. The van der Waals surface area contributed by atoms with Crippen LogP contribution in [0.4, 0.5) is 0 Å². The van der Waals surface area contributed by atoms with Gasteiger partial charge in [-0.05, 0) is 29.3 Å². The molecular formula is C25H24O2. The van der Waals surface area contributed by atoms with Crippen LogP contribution in [0, 0.1) is 5.92 Å². The molecule has 2 atom stereocenters. The lowest BCUT2D eigenvalue weighted by Crippen LogP contribution is -2.39. The molecule has 0 bridgehead atoms. The Hall–Kier alpha value is -3.10. The number of rotatable bonds is 7. The van der Waals surface area contributed by atoms with Gasteiger partial charge < -0.3 is 9.84 Å². The van der Waals surface area contributed by atoms with Gasteiger partial charge in [0.25, 0.3) is 0 Å². The average Bonchev–Trinajstić information content (AvgIpc) is 2.73. The molecule has 0 heterocycles. The second-order valence-corrected chi connectivity index (χ2v) is 6.47. The van der Waals surface area contributed by atoms with E-state index in [1.165, 1.54) is 0 Å². The molecule has 0 radical (unpaired) electrons. The van der Waals surface area contributed by atoms with E-state index in [1.807, 2.05) is 116 Å². The van der Waals surface area contributed by atoms with Crippen molar-refractivity contribution in [2.75, 3.05) is 0 Å². The summed E-state index contributed by atoms with van der Waals surface area (Å²) in [6.07, 6.45) is 7.57. The minimum Gasteiger partial charge on any atom is -0.458 e. The lowest BCUT2D eigenvalue weighted by molar-refractivity contribution is -0.119. The normalized spacial score (nSPS) is 14.9. The zero-order chi connectivity index (χ0) is 19.0. The van der Waals surface area contributed by atoms with E-state index in [9.17, 15) is 5.11 Å². The van der Waals surface area contributed by atoms with Crippen LogP contribution < -0.4 is 4.74 Å². The minimum absolute atomic E-state index is 0.266. The SMILES string of the molecule is CC(C=Cc1ccccc1)C(O)(C=Cc1ccccc1)Oc1ccccc1. The molecule has 27 heavy (non-hydrogen) atoms. The highest BCUT2D eigenvalue weighted by Gasteiger charge is 2.32. The lowest BCUT2D eigenvalue weighted by atomic mass is 9.97. The maximum absolute atomic E-state index is 11.3. The Morgan fingerprint density at radius 1 is 0.741 bits per heavy atom. The predicted molar refractivity (Wildman–Crippen MR) is 112 cm³/mol. The first-order valence-corrected chi connectivity index (χ1v) is 9.10. The van der Waals surface area contributed by atoms with Crippen molar-refractivity contribution < 1.29 is 9.84 Å². The third kappa shape index (κ3) is 5.44. The van der Waals surface area contributed by atoms with E-state index in [0.717, 1.165) is 11.1 Å². The maximum Gasteiger partial charge on any atom is 0.234 e. The first-order valence-electron chi connectivity index (χ1n) is 9.10. The maximum atomic E-state index is 11.3. The molecule has 2 heteroatoms. The number of para-hydroxylation sites is 1. The fourth-order valence-electron chi connectivity index (χ4n) is 2.69. The van der Waals surface area contributed by atoms with Gasteiger partial charge in [-0.25, -0.2) is 0 Å². The van der Waals surface area contributed by atoms with Crippen molar-refractivity contribution in [3.8, 4) is 5.75 Å². The van der Waals surface area contributed by atoms with Gasteiger partial charge in [-0.1, -0.05) is 104 Å². The number of ether oxygens (including phenoxy) is 1. The highest BCUT2D eigenvalue weighted by molar-refractivity contribution is 5.52. The predicted octanol–water partition coefficient (Wildman–Crippen LogP) is 5.82.